The highest BCUT2D eigenvalue weighted by atomic mass is 35.5. The van der Waals surface area contributed by atoms with Crippen LogP contribution >= 0.6 is 11.6 Å². The first kappa shape index (κ1) is 21.3. The van der Waals surface area contributed by atoms with Crippen molar-refractivity contribution in [2.75, 3.05) is 45.3 Å². The summed E-state index contributed by atoms with van der Waals surface area (Å²) in [6, 6.07) is 13.4. The van der Waals surface area contributed by atoms with E-state index in [1.807, 2.05) is 43.3 Å². The van der Waals surface area contributed by atoms with Gasteiger partial charge in [-0.05, 0) is 42.8 Å². The normalized spacial score (nSPS) is 15.7. The third kappa shape index (κ3) is 5.34. The van der Waals surface area contributed by atoms with Gasteiger partial charge in [0.1, 0.15) is 0 Å². The van der Waals surface area contributed by atoms with Crippen molar-refractivity contribution in [2.24, 2.45) is 0 Å². The molecule has 1 N–H and O–H groups in total. The molecule has 0 unspecified atom stereocenters. The highest BCUT2D eigenvalue weighted by molar-refractivity contribution is 6.30. The minimum absolute atomic E-state index is 0.0241. The summed E-state index contributed by atoms with van der Waals surface area (Å²) in [6.45, 7) is 5.81. The van der Waals surface area contributed by atoms with Crippen molar-refractivity contribution in [3.05, 3.63) is 53.1 Å². The summed E-state index contributed by atoms with van der Waals surface area (Å²) < 4.78 is 10.6. The minimum atomic E-state index is -0.184. The second kappa shape index (κ2) is 9.85. The molecule has 7 heteroatoms. The Hall–Kier alpha value is -2.44. The molecule has 0 spiro atoms. The zero-order valence-corrected chi connectivity index (χ0v) is 17.9. The van der Waals surface area contributed by atoms with Gasteiger partial charge in [0, 0.05) is 43.4 Å². The van der Waals surface area contributed by atoms with E-state index in [-0.39, 0.29) is 11.9 Å². The molecule has 0 saturated carbocycles. The van der Waals surface area contributed by atoms with Crippen LogP contribution in [-0.4, -0.2) is 57.2 Å². The zero-order chi connectivity index (χ0) is 20.8. The molecule has 0 radical (unpaired) electrons. The number of carbonyl (C=O) groups excluding carboxylic acids is 1. The van der Waals surface area contributed by atoms with E-state index in [0.29, 0.717) is 18.0 Å². The molecule has 0 aliphatic carbocycles. The number of amides is 1. The topological polar surface area (TPSA) is 54.0 Å². The van der Waals surface area contributed by atoms with E-state index >= 15 is 0 Å². The molecular formula is C22H28ClN3O3. The second-order valence-corrected chi connectivity index (χ2v) is 7.52. The first-order valence-electron chi connectivity index (χ1n) is 9.75. The van der Waals surface area contributed by atoms with Crippen molar-refractivity contribution >= 4 is 23.2 Å². The summed E-state index contributed by atoms with van der Waals surface area (Å²) in [4.78, 5) is 17.2. The third-order valence-corrected chi connectivity index (χ3v) is 5.56. The number of carbonyl (C=O) groups is 1. The Labute approximate surface area is 177 Å². The van der Waals surface area contributed by atoms with Gasteiger partial charge >= 0.3 is 0 Å². The van der Waals surface area contributed by atoms with E-state index < -0.39 is 0 Å². The van der Waals surface area contributed by atoms with Crippen LogP contribution in [0.4, 0.5) is 5.69 Å². The van der Waals surface area contributed by atoms with Crippen molar-refractivity contribution in [3.63, 3.8) is 0 Å². The van der Waals surface area contributed by atoms with Crippen molar-refractivity contribution in [2.45, 2.75) is 19.5 Å². The number of rotatable bonds is 7. The molecule has 29 heavy (non-hydrogen) atoms. The molecule has 3 rings (SSSR count). The van der Waals surface area contributed by atoms with Crippen LogP contribution in [0.25, 0.3) is 0 Å². The third-order valence-electron chi connectivity index (χ3n) is 5.33. The molecule has 2 aromatic rings. The summed E-state index contributed by atoms with van der Waals surface area (Å²) in [5, 5.41) is 3.77. The number of piperazine rings is 1. The molecule has 156 valence electrons. The van der Waals surface area contributed by atoms with Gasteiger partial charge in [-0.3, -0.25) is 9.69 Å². The molecule has 6 nitrogen and oxygen atoms in total. The van der Waals surface area contributed by atoms with Gasteiger partial charge in [-0.15, -0.1) is 0 Å². The van der Waals surface area contributed by atoms with Crippen LogP contribution in [0, 0.1) is 0 Å². The zero-order valence-electron chi connectivity index (χ0n) is 17.2. The van der Waals surface area contributed by atoms with Gasteiger partial charge in [-0.2, -0.15) is 0 Å². The predicted octanol–water partition coefficient (Wildman–Crippen LogP) is 3.18. The van der Waals surface area contributed by atoms with E-state index in [0.717, 1.165) is 42.5 Å². The van der Waals surface area contributed by atoms with Crippen LogP contribution in [-0.2, 0) is 11.3 Å². The Morgan fingerprint density at radius 1 is 1.07 bits per heavy atom. The molecule has 2 aromatic carbocycles. The van der Waals surface area contributed by atoms with Gasteiger partial charge in [0.15, 0.2) is 11.5 Å². The van der Waals surface area contributed by atoms with Crippen LogP contribution < -0.4 is 19.7 Å². The van der Waals surface area contributed by atoms with Crippen molar-refractivity contribution < 1.29 is 14.3 Å². The quantitative estimate of drug-likeness (QED) is 0.749. The Morgan fingerprint density at radius 3 is 2.45 bits per heavy atom. The lowest BCUT2D eigenvalue weighted by Crippen LogP contribution is -2.53. The van der Waals surface area contributed by atoms with Gasteiger partial charge in [0.05, 0.1) is 20.3 Å². The van der Waals surface area contributed by atoms with Gasteiger partial charge in [-0.25, -0.2) is 0 Å². The fraction of sp³-hybridized carbons (Fsp3) is 0.409. The maximum Gasteiger partial charge on any atom is 0.237 e. The molecule has 1 aliphatic rings. The molecule has 1 amide bonds. The highest BCUT2D eigenvalue weighted by Gasteiger charge is 2.25. The molecule has 0 aromatic heterocycles. The highest BCUT2D eigenvalue weighted by Crippen LogP contribution is 2.27. The summed E-state index contributed by atoms with van der Waals surface area (Å²) in [7, 11) is 3.21. The van der Waals surface area contributed by atoms with E-state index in [1.165, 1.54) is 0 Å². The largest absolute Gasteiger partial charge is 0.493 e. The van der Waals surface area contributed by atoms with Crippen molar-refractivity contribution in [3.8, 4) is 11.5 Å². The van der Waals surface area contributed by atoms with Crippen LogP contribution in [0.5, 0.6) is 11.5 Å². The number of hydrogen-bond donors (Lipinski definition) is 1. The summed E-state index contributed by atoms with van der Waals surface area (Å²) in [6.07, 6.45) is 0. The average Bonchev–Trinajstić information content (AvgIpc) is 2.76. The number of hydrogen-bond acceptors (Lipinski definition) is 5. The number of halogens is 1. The summed E-state index contributed by atoms with van der Waals surface area (Å²) in [5.74, 6) is 1.36. The molecule has 0 bridgehead atoms. The molecule has 1 atom stereocenters. The van der Waals surface area contributed by atoms with Gasteiger partial charge in [0.25, 0.3) is 0 Å². The molecule has 1 heterocycles. The number of benzene rings is 2. The van der Waals surface area contributed by atoms with Crippen LogP contribution in [0.15, 0.2) is 42.5 Å². The fourth-order valence-electron chi connectivity index (χ4n) is 3.53. The maximum absolute atomic E-state index is 12.6. The maximum atomic E-state index is 12.6. The lowest BCUT2D eigenvalue weighted by molar-refractivity contribution is -0.126. The fourth-order valence-corrected chi connectivity index (χ4v) is 3.72. The average molecular weight is 418 g/mol. The summed E-state index contributed by atoms with van der Waals surface area (Å²) in [5.41, 5.74) is 2.09. The summed E-state index contributed by atoms with van der Waals surface area (Å²) >= 11 is 6.10. The number of ether oxygens (including phenoxy) is 2. The lowest BCUT2D eigenvalue weighted by Gasteiger charge is -2.38. The van der Waals surface area contributed by atoms with Gasteiger partial charge < -0.3 is 19.7 Å². The first-order chi connectivity index (χ1) is 14.0. The number of nitrogens with one attached hydrogen (secondary N) is 1. The van der Waals surface area contributed by atoms with Crippen LogP contribution in [0.2, 0.25) is 5.02 Å². The number of nitrogens with zero attached hydrogens (tertiary/aromatic N) is 2. The van der Waals surface area contributed by atoms with E-state index in [2.05, 4.69) is 21.2 Å². The first-order valence-corrected chi connectivity index (χ1v) is 10.1. The number of anilines is 1. The molecular weight excluding hydrogens is 390 g/mol. The predicted molar refractivity (Wildman–Crippen MR) is 116 cm³/mol. The monoisotopic (exact) mass is 417 g/mol. The molecule has 1 saturated heterocycles. The Kier molecular flexibility index (Phi) is 7.23. The van der Waals surface area contributed by atoms with E-state index in [4.69, 9.17) is 21.1 Å². The van der Waals surface area contributed by atoms with Crippen LogP contribution in [0.1, 0.15) is 12.5 Å². The number of methoxy groups -OCH3 is 2. The van der Waals surface area contributed by atoms with Crippen LogP contribution in [0.3, 0.4) is 0 Å². The molecule has 1 aliphatic heterocycles. The Morgan fingerprint density at radius 2 is 1.79 bits per heavy atom. The standard InChI is InChI=1S/C22H28ClN3O3/c1-16(22(27)24-15-17-7-8-20(28-2)21(13-17)29-3)25-9-11-26(12-10-25)19-6-4-5-18(23)14-19/h4-8,13-14,16H,9-12,15H2,1-3H3,(H,24,27)/t16-/m1/s1. The van der Waals surface area contributed by atoms with E-state index in [1.54, 1.807) is 14.2 Å². The van der Waals surface area contributed by atoms with Gasteiger partial charge in [-0.1, -0.05) is 23.7 Å². The van der Waals surface area contributed by atoms with Gasteiger partial charge in [0.2, 0.25) is 5.91 Å². The SMILES string of the molecule is COc1ccc(CNC(=O)[C@@H](C)N2CCN(c3cccc(Cl)c3)CC2)cc1OC. The smallest absolute Gasteiger partial charge is 0.237 e. The molecule has 1 fully saturated rings. The van der Waals surface area contributed by atoms with Crippen molar-refractivity contribution in [1.82, 2.24) is 10.2 Å². The van der Waals surface area contributed by atoms with E-state index in [9.17, 15) is 4.79 Å². The van der Waals surface area contributed by atoms with Crippen molar-refractivity contribution in [1.29, 1.82) is 0 Å². The Balaban J connectivity index is 1.51. The minimum Gasteiger partial charge on any atom is -0.493 e. The lowest BCUT2D eigenvalue weighted by atomic mass is 10.1. The Bertz CT molecular complexity index is 838. The second-order valence-electron chi connectivity index (χ2n) is 7.09.